The average molecular weight is 230 g/mol. The third kappa shape index (κ3) is 3.70. The van der Waals surface area contributed by atoms with Crippen molar-refractivity contribution in [3.63, 3.8) is 0 Å². The van der Waals surface area contributed by atoms with Gasteiger partial charge in [-0.15, -0.1) is 0 Å². The van der Waals surface area contributed by atoms with Crippen molar-refractivity contribution >= 4 is 0 Å². The smallest absolute Gasteiger partial charge is 0.157 e. The van der Waals surface area contributed by atoms with Crippen molar-refractivity contribution in [2.24, 2.45) is 11.8 Å². The Hall–Kier alpha value is -0.160. The van der Waals surface area contributed by atoms with E-state index in [4.69, 9.17) is 18.9 Å². The van der Waals surface area contributed by atoms with Crippen molar-refractivity contribution in [1.82, 2.24) is 0 Å². The predicted molar refractivity (Wildman–Crippen MR) is 58.9 cm³/mol. The molecule has 0 N–H and O–H groups in total. The van der Waals surface area contributed by atoms with Gasteiger partial charge in [0.15, 0.2) is 12.6 Å². The molecule has 4 heteroatoms. The minimum Gasteiger partial charge on any atom is -0.352 e. The number of ether oxygens (including phenoxy) is 4. The maximum absolute atomic E-state index is 5.57. The molecule has 2 aliphatic heterocycles. The van der Waals surface area contributed by atoms with Crippen molar-refractivity contribution in [3.8, 4) is 0 Å². The zero-order valence-corrected chi connectivity index (χ0v) is 10.2. The Morgan fingerprint density at radius 2 is 1.00 bits per heavy atom. The summed E-state index contributed by atoms with van der Waals surface area (Å²) in [5, 5.41) is 0. The fourth-order valence-electron chi connectivity index (χ4n) is 1.88. The summed E-state index contributed by atoms with van der Waals surface area (Å²) in [6.07, 6.45) is 1.57. The van der Waals surface area contributed by atoms with Gasteiger partial charge in [0.1, 0.15) is 0 Å². The Labute approximate surface area is 97.2 Å². The van der Waals surface area contributed by atoms with Gasteiger partial charge in [0.05, 0.1) is 26.4 Å². The van der Waals surface area contributed by atoms with Crippen LogP contribution in [0.1, 0.15) is 26.7 Å². The lowest BCUT2D eigenvalue weighted by Crippen LogP contribution is -2.34. The van der Waals surface area contributed by atoms with E-state index in [2.05, 4.69) is 13.8 Å². The third-order valence-electron chi connectivity index (χ3n) is 2.90. The van der Waals surface area contributed by atoms with Crippen LogP contribution >= 0.6 is 0 Å². The molecule has 0 unspecified atom stereocenters. The van der Waals surface area contributed by atoms with Gasteiger partial charge in [-0.1, -0.05) is 13.8 Å². The van der Waals surface area contributed by atoms with E-state index in [9.17, 15) is 0 Å². The standard InChI is InChI=1S/C12H22O4/c1-9-5-13-11(14-6-9)3-4-12-15-7-10(2)8-16-12/h9-12H,3-8H2,1-2H3. The van der Waals surface area contributed by atoms with Crippen LogP contribution in [-0.2, 0) is 18.9 Å². The Bertz CT molecular complexity index is 171. The zero-order valence-electron chi connectivity index (χ0n) is 10.2. The second-order valence-electron chi connectivity index (χ2n) is 4.98. The molecular formula is C12H22O4. The average Bonchev–Trinajstić information content (AvgIpc) is 2.30. The highest BCUT2D eigenvalue weighted by atomic mass is 16.7. The number of rotatable bonds is 3. The van der Waals surface area contributed by atoms with Gasteiger partial charge in [-0.3, -0.25) is 0 Å². The molecule has 16 heavy (non-hydrogen) atoms. The monoisotopic (exact) mass is 230 g/mol. The lowest BCUT2D eigenvalue weighted by molar-refractivity contribution is -0.228. The molecule has 4 nitrogen and oxygen atoms in total. The van der Waals surface area contributed by atoms with Crippen LogP contribution in [0.4, 0.5) is 0 Å². The van der Waals surface area contributed by atoms with Crippen LogP contribution in [0.25, 0.3) is 0 Å². The minimum atomic E-state index is -0.0669. The Kier molecular flexibility index (Phi) is 4.58. The first-order valence-electron chi connectivity index (χ1n) is 6.20. The summed E-state index contributed by atoms with van der Waals surface area (Å²) in [4.78, 5) is 0. The van der Waals surface area contributed by atoms with Gasteiger partial charge in [-0.05, 0) is 0 Å². The van der Waals surface area contributed by atoms with Crippen LogP contribution in [0.5, 0.6) is 0 Å². The molecule has 0 bridgehead atoms. The van der Waals surface area contributed by atoms with Gasteiger partial charge in [0.25, 0.3) is 0 Å². The summed E-state index contributed by atoms with van der Waals surface area (Å²) in [5.74, 6) is 1.03. The summed E-state index contributed by atoms with van der Waals surface area (Å²) < 4.78 is 22.3. The quantitative estimate of drug-likeness (QED) is 0.740. The van der Waals surface area contributed by atoms with Gasteiger partial charge in [0.2, 0.25) is 0 Å². The van der Waals surface area contributed by atoms with E-state index in [0.29, 0.717) is 11.8 Å². The number of hydrogen-bond donors (Lipinski definition) is 0. The minimum absolute atomic E-state index is 0.0669. The van der Waals surface area contributed by atoms with Crippen LogP contribution in [0, 0.1) is 11.8 Å². The molecule has 2 rings (SSSR count). The molecule has 0 saturated carbocycles. The van der Waals surface area contributed by atoms with E-state index in [1.54, 1.807) is 0 Å². The van der Waals surface area contributed by atoms with Gasteiger partial charge in [-0.25, -0.2) is 0 Å². The SMILES string of the molecule is CC1COC(CCC2OCC(C)CO2)OC1. The van der Waals surface area contributed by atoms with Crippen molar-refractivity contribution in [2.45, 2.75) is 39.3 Å². The molecule has 2 heterocycles. The van der Waals surface area contributed by atoms with E-state index >= 15 is 0 Å². The molecule has 0 aliphatic carbocycles. The Balaban J connectivity index is 1.60. The van der Waals surface area contributed by atoms with E-state index in [1.807, 2.05) is 0 Å². The van der Waals surface area contributed by atoms with Gasteiger partial charge >= 0.3 is 0 Å². The summed E-state index contributed by atoms with van der Waals surface area (Å²) in [6, 6.07) is 0. The third-order valence-corrected chi connectivity index (χ3v) is 2.90. The highest BCUT2D eigenvalue weighted by Crippen LogP contribution is 2.19. The highest BCUT2D eigenvalue weighted by Gasteiger charge is 2.23. The van der Waals surface area contributed by atoms with Gasteiger partial charge < -0.3 is 18.9 Å². The second kappa shape index (κ2) is 5.96. The topological polar surface area (TPSA) is 36.9 Å². The fraction of sp³-hybridized carbons (Fsp3) is 1.00. The summed E-state index contributed by atoms with van der Waals surface area (Å²) in [5.41, 5.74) is 0. The van der Waals surface area contributed by atoms with Crippen molar-refractivity contribution in [1.29, 1.82) is 0 Å². The Morgan fingerprint density at radius 3 is 1.31 bits per heavy atom. The lowest BCUT2D eigenvalue weighted by atomic mass is 10.2. The second-order valence-corrected chi connectivity index (χ2v) is 4.98. The van der Waals surface area contributed by atoms with Crippen molar-refractivity contribution < 1.29 is 18.9 Å². The van der Waals surface area contributed by atoms with Crippen LogP contribution in [0.15, 0.2) is 0 Å². The molecule has 94 valence electrons. The molecule has 2 saturated heterocycles. The largest absolute Gasteiger partial charge is 0.352 e. The highest BCUT2D eigenvalue weighted by molar-refractivity contribution is 4.62. The van der Waals surface area contributed by atoms with Crippen LogP contribution in [-0.4, -0.2) is 39.0 Å². The molecule has 0 radical (unpaired) electrons. The molecule has 0 aromatic rings. The van der Waals surface area contributed by atoms with E-state index in [0.717, 1.165) is 39.3 Å². The van der Waals surface area contributed by atoms with Crippen LogP contribution < -0.4 is 0 Å². The molecule has 0 aromatic heterocycles. The molecule has 2 fully saturated rings. The van der Waals surface area contributed by atoms with E-state index < -0.39 is 0 Å². The predicted octanol–water partition coefficient (Wildman–Crippen LogP) is 1.78. The van der Waals surface area contributed by atoms with Gasteiger partial charge in [-0.2, -0.15) is 0 Å². The molecule has 2 aliphatic rings. The molecule has 0 spiro atoms. The van der Waals surface area contributed by atoms with Gasteiger partial charge in [0, 0.05) is 24.7 Å². The first-order chi connectivity index (χ1) is 7.74. The maximum Gasteiger partial charge on any atom is 0.157 e. The first-order valence-corrected chi connectivity index (χ1v) is 6.20. The maximum atomic E-state index is 5.57. The molecular weight excluding hydrogens is 208 g/mol. The normalized spacial score (nSPS) is 40.9. The summed E-state index contributed by atoms with van der Waals surface area (Å²) >= 11 is 0. The van der Waals surface area contributed by atoms with Crippen molar-refractivity contribution in [3.05, 3.63) is 0 Å². The molecule has 0 aromatic carbocycles. The zero-order chi connectivity index (χ0) is 11.4. The summed E-state index contributed by atoms with van der Waals surface area (Å²) in [7, 11) is 0. The molecule has 0 amide bonds. The number of hydrogen-bond acceptors (Lipinski definition) is 4. The molecule has 0 atom stereocenters. The van der Waals surface area contributed by atoms with E-state index in [1.165, 1.54) is 0 Å². The van der Waals surface area contributed by atoms with E-state index in [-0.39, 0.29) is 12.6 Å². The Morgan fingerprint density at radius 1 is 0.688 bits per heavy atom. The summed E-state index contributed by atoms with van der Waals surface area (Å²) in [6.45, 7) is 7.46. The van der Waals surface area contributed by atoms with Crippen molar-refractivity contribution in [2.75, 3.05) is 26.4 Å². The first kappa shape index (κ1) is 12.3. The van der Waals surface area contributed by atoms with Crippen LogP contribution in [0.2, 0.25) is 0 Å². The fourth-order valence-corrected chi connectivity index (χ4v) is 1.88. The van der Waals surface area contributed by atoms with Crippen LogP contribution in [0.3, 0.4) is 0 Å². The lowest BCUT2D eigenvalue weighted by Gasteiger charge is -2.30.